The molecule has 0 aromatic heterocycles. The van der Waals surface area contributed by atoms with Crippen molar-refractivity contribution in [2.45, 2.75) is 55.6 Å². The maximum Gasteiger partial charge on any atom is 0.329 e. The predicted octanol–water partition coefficient (Wildman–Crippen LogP) is 4.62. The second kappa shape index (κ2) is 7.29. The number of benzene rings is 2. The lowest BCUT2D eigenvalue weighted by Crippen LogP contribution is -2.51. The maximum absolute atomic E-state index is 14.6. The molecule has 0 radical (unpaired) electrons. The number of epoxide rings is 1. The molecule has 3 aliphatic rings. The molecular weight excluding hydrogens is 413 g/mol. The standard InChI is InChI=1S/C25H24FNO5/c1-16-12-19(4-2-17(16)14-27)31-21-13-18(3-5-20(21)26)23-6-8-24(10-11-30-15-22(28)29)25(23,32-24)9-7-23/h2-5,12-13H,6-11,15H2,1H3,(H,28,29). The van der Waals surface area contributed by atoms with Gasteiger partial charge in [0.2, 0.25) is 0 Å². The van der Waals surface area contributed by atoms with Crippen LogP contribution in [-0.2, 0) is 19.7 Å². The van der Waals surface area contributed by atoms with E-state index in [0.717, 1.165) is 36.8 Å². The fourth-order valence-corrected chi connectivity index (χ4v) is 5.90. The number of aryl methyl sites for hydroxylation is 1. The first-order valence-corrected chi connectivity index (χ1v) is 10.8. The molecule has 2 aliphatic carbocycles. The lowest BCUT2D eigenvalue weighted by atomic mass is 9.56. The summed E-state index contributed by atoms with van der Waals surface area (Å²) in [6, 6.07) is 12.2. The summed E-state index contributed by atoms with van der Waals surface area (Å²) in [5.74, 6) is -0.776. The van der Waals surface area contributed by atoms with E-state index in [0.29, 0.717) is 24.3 Å². The van der Waals surface area contributed by atoms with Gasteiger partial charge in [0.05, 0.1) is 18.2 Å². The van der Waals surface area contributed by atoms with E-state index in [1.807, 2.05) is 13.0 Å². The zero-order chi connectivity index (χ0) is 22.6. The topological polar surface area (TPSA) is 92.1 Å². The summed E-state index contributed by atoms with van der Waals surface area (Å²) >= 11 is 0. The fraction of sp³-hybridized carbons (Fsp3) is 0.440. The van der Waals surface area contributed by atoms with E-state index in [-0.39, 0.29) is 29.0 Å². The number of halogens is 1. The minimum absolute atomic E-state index is 0.158. The van der Waals surface area contributed by atoms with Gasteiger partial charge in [-0.05, 0) is 74.1 Å². The van der Waals surface area contributed by atoms with Crippen LogP contribution in [-0.4, -0.2) is 35.5 Å². The second-order valence-corrected chi connectivity index (χ2v) is 9.04. The van der Waals surface area contributed by atoms with E-state index in [4.69, 9.17) is 24.6 Å². The van der Waals surface area contributed by atoms with Gasteiger partial charge in [-0.1, -0.05) is 6.07 Å². The summed E-state index contributed by atoms with van der Waals surface area (Å²) in [4.78, 5) is 10.7. The minimum Gasteiger partial charge on any atom is -0.480 e. The molecule has 166 valence electrons. The molecule has 2 aromatic rings. The van der Waals surface area contributed by atoms with E-state index in [1.54, 1.807) is 24.3 Å². The summed E-state index contributed by atoms with van der Waals surface area (Å²) in [5.41, 5.74) is 1.62. The number of ether oxygens (including phenoxy) is 3. The molecule has 0 bridgehead atoms. The van der Waals surface area contributed by atoms with Crippen LogP contribution in [0.1, 0.15) is 48.8 Å². The summed E-state index contributed by atoms with van der Waals surface area (Å²) in [6.07, 6.45) is 4.38. The molecule has 32 heavy (non-hydrogen) atoms. The highest BCUT2D eigenvalue weighted by atomic mass is 19.1. The molecule has 6 nitrogen and oxygen atoms in total. The Morgan fingerprint density at radius 3 is 2.72 bits per heavy atom. The lowest BCUT2D eigenvalue weighted by Gasteiger charge is -2.47. The number of nitriles is 1. The predicted molar refractivity (Wildman–Crippen MR) is 112 cm³/mol. The van der Waals surface area contributed by atoms with Crippen molar-refractivity contribution in [3.8, 4) is 17.6 Å². The number of hydrogen-bond donors (Lipinski definition) is 1. The molecule has 3 fully saturated rings. The van der Waals surface area contributed by atoms with Crippen LogP contribution in [0.2, 0.25) is 0 Å². The number of carboxylic acid groups (broad SMARTS) is 1. The fourth-order valence-electron chi connectivity index (χ4n) is 5.90. The highest BCUT2D eigenvalue weighted by molar-refractivity contribution is 5.68. The number of nitrogens with zero attached hydrogens (tertiary/aromatic N) is 1. The third-order valence-corrected chi connectivity index (χ3v) is 7.60. The minimum atomic E-state index is -0.977. The summed E-state index contributed by atoms with van der Waals surface area (Å²) < 4.78 is 32.1. The highest BCUT2D eigenvalue weighted by Gasteiger charge is 2.86. The van der Waals surface area contributed by atoms with Gasteiger partial charge in [-0.3, -0.25) is 0 Å². The number of aliphatic carboxylic acids is 1. The van der Waals surface area contributed by atoms with E-state index < -0.39 is 11.8 Å². The van der Waals surface area contributed by atoms with Crippen molar-refractivity contribution in [3.05, 3.63) is 58.9 Å². The van der Waals surface area contributed by atoms with E-state index in [2.05, 4.69) is 6.07 Å². The first-order chi connectivity index (χ1) is 15.3. The quantitative estimate of drug-likeness (QED) is 0.478. The summed E-state index contributed by atoms with van der Waals surface area (Å²) in [7, 11) is 0. The van der Waals surface area contributed by atoms with Crippen molar-refractivity contribution in [1.29, 1.82) is 5.26 Å². The zero-order valence-electron chi connectivity index (χ0n) is 17.8. The molecule has 5 rings (SSSR count). The normalized spacial score (nSPS) is 29.4. The van der Waals surface area contributed by atoms with Crippen LogP contribution in [0.5, 0.6) is 11.5 Å². The van der Waals surface area contributed by atoms with Crippen molar-refractivity contribution in [2.75, 3.05) is 13.2 Å². The zero-order valence-corrected chi connectivity index (χ0v) is 17.8. The van der Waals surface area contributed by atoms with Gasteiger partial charge in [-0.25, -0.2) is 9.18 Å². The SMILES string of the molecule is Cc1cc(Oc2cc(C34CCC5(CCOCC(=O)O)OC53CC4)ccc2F)ccc1C#N. The van der Waals surface area contributed by atoms with Gasteiger partial charge < -0.3 is 19.3 Å². The van der Waals surface area contributed by atoms with Crippen LogP contribution >= 0.6 is 0 Å². The smallest absolute Gasteiger partial charge is 0.329 e. The summed E-state index contributed by atoms with van der Waals surface area (Å²) in [5, 5.41) is 17.9. The molecule has 1 heterocycles. The first-order valence-electron chi connectivity index (χ1n) is 10.8. The number of hydrogen-bond acceptors (Lipinski definition) is 5. The average Bonchev–Trinajstić information content (AvgIpc) is 3.40. The lowest BCUT2D eigenvalue weighted by molar-refractivity contribution is -0.142. The van der Waals surface area contributed by atoms with Gasteiger partial charge in [0.25, 0.3) is 0 Å². The maximum atomic E-state index is 14.6. The Kier molecular flexibility index (Phi) is 4.77. The van der Waals surface area contributed by atoms with Gasteiger partial charge in [0.1, 0.15) is 23.6 Å². The van der Waals surface area contributed by atoms with Crippen molar-refractivity contribution >= 4 is 5.97 Å². The van der Waals surface area contributed by atoms with Crippen LogP contribution in [0.4, 0.5) is 4.39 Å². The average molecular weight is 437 g/mol. The van der Waals surface area contributed by atoms with E-state index >= 15 is 0 Å². The van der Waals surface area contributed by atoms with Crippen molar-refractivity contribution in [2.24, 2.45) is 0 Å². The largest absolute Gasteiger partial charge is 0.480 e. The molecule has 7 heteroatoms. The molecule has 3 unspecified atom stereocenters. The molecule has 3 atom stereocenters. The molecule has 1 N–H and O–H groups in total. The van der Waals surface area contributed by atoms with Crippen molar-refractivity contribution in [1.82, 2.24) is 0 Å². The van der Waals surface area contributed by atoms with Crippen LogP contribution in [0.15, 0.2) is 36.4 Å². The second-order valence-electron chi connectivity index (χ2n) is 9.04. The number of carboxylic acids is 1. The van der Waals surface area contributed by atoms with Crippen LogP contribution in [0.3, 0.4) is 0 Å². The molecule has 1 spiro atoms. The Labute approximate surface area is 185 Å². The van der Waals surface area contributed by atoms with Crippen molar-refractivity contribution in [3.63, 3.8) is 0 Å². The van der Waals surface area contributed by atoms with Gasteiger partial charge in [0, 0.05) is 11.8 Å². The van der Waals surface area contributed by atoms with Gasteiger partial charge in [0.15, 0.2) is 11.6 Å². The number of rotatable bonds is 8. The van der Waals surface area contributed by atoms with E-state index in [1.165, 1.54) is 6.07 Å². The van der Waals surface area contributed by atoms with Crippen LogP contribution in [0, 0.1) is 24.1 Å². The Balaban J connectivity index is 1.36. The Morgan fingerprint density at radius 2 is 2.03 bits per heavy atom. The van der Waals surface area contributed by atoms with Gasteiger partial charge in [-0.15, -0.1) is 0 Å². The Hall–Kier alpha value is -2.95. The van der Waals surface area contributed by atoms with Crippen LogP contribution < -0.4 is 4.74 Å². The monoisotopic (exact) mass is 437 g/mol. The third-order valence-electron chi connectivity index (χ3n) is 7.60. The molecule has 1 saturated heterocycles. The molecular formula is C25H24FNO5. The van der Waals surface area contributed by atoms with Gasteiger partial charge >= 0.3 is 5.97 Å². The highest BCUT2D eigenvalue weighted by Crippen LogP contribution is 2.79. The third kappa shape index (κ3) is 2.94. The number of carbonyl (C=O) groups is 1. The molecule has 2 aromatic carbocycles. The van der Waals surface area contributed by atoms with Gasteiger partial charge in [-0.2, -0.15) is 5.26 Å². The first kappa shape index (κ1) is 20.9. The Morgan fingerprint density at radius 1 is 1.22 bits per heavy atom. The van der Waals surface area contributed by atoms with Crippen molar-refractivity contribution < 1.29 is 28.5 Å². The molecule has 2 saturated carbocycles. The summed E-state index contributed by atoms with van der Waals surface area (Å²) in [6.45, 7) is 1.86. The Bertz CT molecular complexity index is 1140. The molecule has 0 amide bonds. The van der Waals surface area contributed by atoms with E-state index in [9.17, 15) is 9.18 Å². The molecule has 1 aliphatic heterocycles. The van der Waals surface area contributed by atoms with Crippen LogP contribution in [0.25, 0.3) is 0 Å².